The molecule has 3 N–H and O–H groups in total. The van der Waals surface area contributed by atoms with Gasteiger partial charge in [-0.2, -0.15) is 0 Å². The van der Waals surface area contributed by atoms with Crippen LogP contribution in [-0.2, 0) is 9.59 Å². The lowest BCUT2D eigenvalue weighted by Gasteiger charge is -2.12. The SMILES string of the molecule is Cc1ccc(C)c(NC(=O)CSc2cccc(NC(=O)/C(=C/c3ccc(Br)cc3)NC(=O)c3ccccc3)c2)c1. The number of halogens is 1. The molecule has 0 aromatic heterocycles. The van der Waals surface area contributed by atoms with E-state index >= 15 is 0 Å². The van der Waals surface area contributed by atoms with Crippen LogP contribution in [0.25, 0.3) is 6.08 Å². The highest BCUT2D eigenvalue weighted by atomic mass is 79.9. The number of carbonyl (C=O) groups is 3. The van der Waals surface area contributed by atoms with Gasteiger partial charge < -0.3 is 16.0 Å². The smallest absolute Gasteiger partial charge is 0.272 e. The van der Waals surface area contributed by atoms with Crippen LogP contribution >= 0.6 is 27.7 Å². The van der Waals surface area contributed by atoms with Gasteiger partial charge in [0.1, 0.15) is 5.70 Å². The second-order valence-corrected chi connectivity index (χ2v) is 11.0. The van der Waals surface area contributed by atoms with Crippen LogP contribution in [0.15, 0.2) is 112 Å². The summed E-state index contributed by atoms with van der Waals surface area (Å²) in [7, 11) is 0. The standard InChI is InChI=1S/C32H28BrN3O3S/c1-21-11-12-22(2)28(17-21)35-30(37)20-40-27-10-6-9-26(19-27)34-32(39)29(18-23-13-15-25(33)16-14-23)36-31(38)24-7-4-3-5-8-24/h3-19H,20H2,1-2H3,(H,34,39)(H,35,37)(H,36,38)/b29-18-. The summed E-state index contributed by atoms with van der Waals surface area (Å²) in [5.41, 5.74) is 4.71. The number of carbonyl (C=O) groups excluding carboxylic acids is 3. The van der Waals surface area contributed by atoms with Crippen molar-refractivity contribution in [1.29, 1.82) is 0 Å². The van der Waals surface area contributed by atoms with Crippen molar-refractivity contribution in [1.82, 2.24) is 5.32 Å². The van der Waals surface area contributed by atoms with Crippen LogP contribution in [0.4, 0.5) is 11.4 Å². The largest absolute Gasteiger partial charge is 0.325 e. The first-order chi connectivity index (χ1) is 19.3. The Bertz CT molecular complexity index is 1550. The third kappa shape index (κ3) is 8.43. The summed E-state index contributed by atoms with van der Waals surface area (Å²) in [6.45, 7) is 3.94. The molecule has 0 saturated carbocycles. The van der Waals surface area contributed by atoms with Gasteiger partial charge in [0, 0.05) is 26.3 Å². The van der Waals surface area contributed by atoms with Crippen molar-refractivity contribution in [3.63, 3.8) is 0 Å². The number of nitrogens with one attached hydrogen (secondary N) is 3. The van der Waals surface area contributed by atoms with Crippen LogP contribution < -0.4 is 16.0 Å². The van der Waals surface area contributed by atoms with Gasteiger partial charge in [0.15, 0.2) is 0 Å². The molecule has 0 aliphatic carbocycles. The number of anilines is 2. The predicted molar refractivity (Wildman–Crippen MR) is 166 cm³/mol. The zero-order valence-electron chi connectivity index (χ0n) is 22.0. The van der Waals surface area contributed by atoms with Crippen molar-refractivity contribution in [3.8, 4) is 0 Å². The van der Waals surface area contributed by atoms with E-state index in [1.54, 1.807) is 48.5 Å². The monoisotopic (exact) mass is 613 g/mol. The molecule has 0 aliphatic rings. The van der Waals surface area contributed by atoms with Gasteiger partial charge in [0.05, 0.1) is 5.75 Å². The van der Waals surface area contributed by atoms with Crippen LogP contribution in [0, 0.1) is 13.8 Å². The molecule has 4 rings (SSSR count). The Balaban J connectivity index is 1.45. The summed E-state index contributed by atoms with van der Waals surface area (Å²) < 4.78 is 0.904. The van der Waals surface area contributed by atoms with Crippen LogP contribution in [0.1, 0.15) is 27.0 Å². The van der Waals surface area contributed by atoms with Gasteiger partial charge in [0.25, 0.3) is 11.8 Å². The molecule has 40 heavy (non-hydrogen) atoms. The molecule has 0 unspecified atom stereocenters. The highest BCUT2D eigenvalue weighted by molar-refractivity contribution is 9.10. The summed E-state index contributed by atoms with van der Waals surface area (Å²) in [5, 5.41) is 8.57. The minimum Gasteiger partial charge on any atom is -0.325 e. The molecule has 3 amide bonds. The number of thioether (sulfide) groups is 1. The minimum absolute atomic E-state index is 0.0992. The zero-order chi connectivity index (χ0) is 28.5. The van der Waals surface area contributed by atoms with E-state index in [4.69, 9.17) is 0 Å². The van der Waals surface area contributed by atoms with Crippen LogP contribution in [0.3, 0.4) is 0 Å². The third-order valence-electron chi connectivity index (χ3n) is 5.84. The molecule has 4 aromatic rings. The Labute approximate surface area is 246 Å². The Kier molecular flexibility index (Phi) is 9.94. The number of aryl methyl sites for hydroxylation is 2. The maximum Gasteiger partial charge on any atom is 0.272 e. The molecular formula is C32H28BrN3O3S. The van der Waals surface area contributed by atoms with E-state index in [0.717, 1.165) is 31.7 Å². The fourth-order valence-corrected chi connectivity index (χ4v) is 4.76. The van der Waals surface area contributed by atoms with Gasteiger partial charge in [-0.1, -0.05) is 64.5 Å². The van der Waals surface area contributed by atoms with Gasteiger partial charge in [-0.25, -0.2) is 0 Å². The first kappa shape index (κ1) is 28.9. The van der Waals surface area contributed by atoms with E-state index in [-0.39, 0.29) is 17.4 Å². The molecule has 0 radical (unpaired) electrons. The fourth-order valence-electron chi connectivity index (χ4n) is 3.74. The first-order valence-corrected chi connectivity index (χ1v) is 14.3. The molecule has 8 heteroatoms. The Hall–Kier alpha value is -4.14. The summed E-state index contributed by atoms with van der Waals surface area (Å²) in [4.78, 5) is 39.5. The van der Waals surface area contributed by atoms with Gasteiger partial charge in [-0.05, 0) is 85.1 Å². The highest BCUT2D eigenvalue weighted by Crippen LogP contribution is 2.23. The van der Waals surface area contributed by atoms with Crippen LogP contribution in [0.5, 0.6) is 0 Å². The van der Waals surface area contributed by atoms with E-state index in [9.17, 15) is 14.4 Å². The van der Waals surface area contributed by atoms with Crippen LogP contribution in [0.2, 0.25) is 0 Å². The molecule has 0 atom stereocenters. The summed E-state index contributed by atoms with van der Waals surface area (Å²) >= 11 is 4.78. The zero-order valence-corrected chi connectivity index (χ0v) is 24.4. The topological polar surface area (TPSA) is 87.3 Å². The van der Waals surface area contributed by atoms with Crippen molar-refractivity contribution < 1.29 is 14.4 Å². The Morgan fingerprint density at radius 2 is 1.57 bits per heavy atom. The molecule has 6 nitrogen and oxygen atoms in total. The maximum absolute atomic E-state index is 13.3. The van der Waals surface area contributed by atoms with Crippen molar-refractivity contribution in [2.45, 2.75) is 18.7 Å². The van der Waals surface area contributed by atoms with Gasteiger partial charge in [0.2, 0.25) is 5.91 Å². The van der Waals surface area contributed by atoms with Gasteiger partial charge in [-0.3, -0.25) is 14.4 Å². The van der Waals surface area contributed by atoms with Gasteiger partial charge in [-0.15, -0.1) is 11.8 Å². The van der Waals surface area contributed by atoms with Crippen LogP contribution in [-0.4, -0.2) is 23.5 Å². The van der Waals surface area contributed by atoms with Gasteiger partial charge >= 0.3 is 0 Å². The molecule has 202 valence electrons. The molecule has 0 heterocycles. The Morgan fingerprint density at radius 1 is 0.825 bits per heavy atom. The normalized spacial score (nSPS) is 11.0. The lowest BCUT2D eigenvalue weighted by Crippen LogP contribution is -2.30. The molecule has 0 spiro atoms. The number of benzene rings is 4. The molecular weight excluding hydrogens is 586 g/mol. The number of hydrogen-bond donors (Lipinski definition) is 3. The lowest BCUT2D eigenvalue weighted by molar-refractivity contribution is -0.114. The van der Waals surface area contributed by atoms with Crippen molar-refractivity contribution in [2.75, 3.05) is 16.4 Å². The molecule has 0 saturated heterocycles. The van der Waals surface area contributed by atoms with E-state index in [0.29, 0.717) is 11.3 Å². The average Bonchev–Trinajstić information content (AvgIpc) is 2.95. The summed E-state index contributed by atoms with van der Waals surface area (Å²) in [6, 6.07) is 29.3. The van der Waals surface area contributed by atoms with Crippen molar-refractivity contribution in [3.05, 3.63) is 129 Å². The quantitative estimate of drug-likeness (QED) is 0.137. The number of rotatable bonds is 9. The number of amides is 3. The van der Waals surface area contributed by atoms with Crippen molar-refractivity contribution in [2.24, 2.45) is 0 Å². The third-order valence-corrected chi connectivity index (χ3v) is 7.36. The fraction of sp³-hybridized carbons (Fsp3) is 0.0938. The summed E-state index contributed by atoms with van der Waals surface area (Å²) in [6.07, 6.45) is 1.62. The van der Waals surface area contributed by atoms with E-state index in [1.807, 2.05) is 68.4 Å². The minimum atomic E-state index is -0.470. The second-order valence-electron chi connectivity index (χ2n) is 9.07. The molecule has 4 aromatic carbocycles. The average molecular weight is 615 g/mol. The first-order valence-electron chi connectivity index (χ1n) is 12.5. The molecule has 0 bridgehead atoms. The lowest BCUT2D eigenvalue weighted by atomic mass is 10.1. The molecule has 0 fully saturated rings. The predicted octanol–water partition coefficient (Wildman–Crippen LogP) is 7.21. The van der Waals surface area contributed by atoms with E-state index in [2.05, 4.69) is 31.9 Å². The number of hydrogen-bond acceptors (Lipinski definition) is 4. The van der Waals surface area contributed by atoms with E-state index in [1.165, 1.54) is 11.8 Å². The van der Waals surface area contributed by atoms with E-state index < -0.39 is 11.8 Å². The Morgan fingerprint density at radius 3 is 2.33 bits per heavy atom. The van der Waals surface area contributed by atoms with Crippen molar-refractivity contribution >= 4 is 62.9 Å². The highest BCUT2D eigenvalue weighted by Gasteiger charge is 2.15. The molecule has 0 aliphatic heterocycles. The summed E-state index contributed by atoms with van der Waals surface area (Å²) in [5.74, 6) is -0.760. The maximum atomic E-state index is 13.3. The second kappa shape index (κ2) is 13.8.